The second-order valence-corrected chi connectivity index (χ2v) is 7.71. The van der Waals surface area contributed by atoms with E-state index in [1.165, 1.54) is 11.1 Å². The van der Waals surface area contributed by atoms with Gasteiger partial charge in [0.1, 0.15) is 5.75 Å². The van der Waals surface area contributed by atoms with Crippen molar-refractivity contribution in [1.82, 2.24) is 5.32 Å². The number of benzene rings is 1. The molecule has 1 aliphatic carbocycles. The highest BCUT2D eigenvalue weighted by atomic mass is 16.5. The Bertz CT molecular complexity index is 674. The fraction of sp³-hybridized carbons (Fsp3) is 0.476. The molecule has 1 fully saturated rings. The zero-order valence-electron chi connectivity index (χ0n) is 15.1. The Balaban J connectivity index is 1.94. The highest BCUT2D eigenvalue weighted by molar-refractivity contribution is 5.76. The first-order chi connectivity index (χ1) is 11.3. The lowest BCUT2D eigenvalue weighted by Gasteiger charge is -2.40. The third-order valence-electron chi connectivity index (χ3n) is 5.46. The molecule has 1 saturated heterocycles. The fourth-order valence-corrected chi connectivity index (χ4v) is 3.81. The summed E-state index contributed by atoms with van der Waals surface area (Å²) >= 11 is 0. The van der Waals surface area contributed by atoms with E-state index in [2.05, 4.69) is 56.4 Å². The topological polar surface area (TPSA) is 38.3 Å². The van der Waals surface area contributed by atoms with Crippen LogP contribution in [-0.4, -0.2) is 19.6 Å². The van der Waals surface area contributed by atoms with Crippen LogP contribution in [-0.2, 0) is 10.2 Å². The van der Waals surface area contributed by atoms with E-state index in [1.54, 1.807) is 7.11 Å². The van der Waals surface area contributed by atoms with Gasteiger partial charge in [-0.25, -0.2) is 0 Å². The van der Waals surface area contributed by atoms with Crippen LogP contribution in [0, 0.1) is 11.3 Å². The van der Waals surface area contributed by atoms with Crippen LogP contribution in [0.5, 0.6) is 5.75 Å². The molecule has 128 valence electrons. The van der Waals surface area contributed by atoms with Crippen molar-refractivity contribution >= 4 is 5.91 Å². The summed E-state index contributed by atoms with van der Waals surface area (Å²) in [5.41, 5.74) is 2.59. The molecule has 1 aliphatic heterocycles. The van der Waals surface area contributed by atoms with Crippen molar-refractivity contribution in [2.45, 2.75) is 39.0 Å². The van der Waals surface area contributed by atoms with Gasteiger partial charge in [0.2, 0.25) is 5.91 Å². The van der Waals surface area contributed by atoms with Crippen molar-refractivity contribution in [3.63, 3.8) is 0 Å². The first-order valence-electron chi connectivity index (χ1n) is 8.69. The molecule has 3 rings (SSSR count). The first-order valence-corrected chi connectivity index (χ1v) is 8.69. The van der Waals surface area contributed by atoms with Crippen molar-refractivity contribution < 1.29 is 9.53 Å². The van der Waals surface area contributed by atoms with Gasteiger partial charge in [-0.15, -0.1) is 0 Å². The van der Waals surface area contributed by atoms with E-state index in [-0.39, 0.29) is 16.7 Å². The van der Waals surface area contributed by atoms with Crippen molar-refractivity contribution in [3.05, 3.63) is 53.6 Å². The van der Waals surface area contributed by atoms with Gasteiger partial charge in [0, 0.05) is 23.8 Å². The summed E-state index contributed by atoms with van der Waals surface area (Å²) in [5, 5.41) is 3.03. The Morgan fingerprint density at radius 2 is 1.83 bits per heavy atom. The third kappa shape index (κ3) is 3.12. The van der Waals surface area contributed by atoms with E-state index >= 15 is 0 Å². The van der Waals surface area contributed by atoms with Crippen molar-refractivity contribution in [2.75, 3.05) is 13.7 Å². The molecule has 2 unspecified atom stereocenters. The van der Waals surface area contributed by atoms with Gasteiger partial charge < -0.3 is 10.1 Å². The predicted molar refractivity (Wildman–Crippen MR) is 97.1 cm³/mol. The minimum absolute atomic E-state index is 0.0265. The largest absolute Gasteiger partial charge is 0.497 e. The average Bonchev–Trinajstić information content (AvgIpc) is 2.58. The van der Waals surface area contributed by atoms with Crippen LogP contribution in [0.25, 0.3) is 0 Å². The molecule has 0 saturated carbocycles. The Morgan fingerprint density at radius 1 is 1.12 bits per heavy atom. The Labute approximate surface area is 144 Å². The third-order valence-corrected chi connectivity index (χ3v) is 5.46. The van der Waals surface area contributed by atoms with Crippen LogP contribution in [0.2, 0.25) is 0 Å². The lowest BCUT2D eigenvalue weighted by molar-refractivity contribution is -0.122. The van der Waals surface area contributed by atoms with Gasteiger partial charge >= 0.3 is 0 Å². The quantitative estimate of drug-likeness (QED) is 0.853. The van der Waals surface area contributed by atoms with Crippen molar-refractivity contribution in [3.8, 4) is 5.75 Å². The number of allylic oxidation sites excluding steroid dienone is 3. The normalized spacial score (nSPS) is 28.9. The summed E-state index contributed by atoms with van der Waals surface area (Å²) in [5.74, 6) is 1.47. The molecular weight excluding hydrogens is 298 g/mol. The van der Waals surface area contributed by atoms with Gasteiger partial charge in [0.15, 0.2) is 0 Å². The number of nitrogens with one attached hydrogen (secondary N) is 1. The maximum Gasteiger partial charge on any atom is 0.220 e. The second kappa shape index (κ2) is 6.12. The van der Waals surface area contributed by atoms with Crippen molar-refractivity contribution in [2.24, 2.45) is 11.3 Å². The molecule has 1 aromatic carbocycles. The van der Waals surface area contributed by atoms with Gasteiger partial charge in [-0.05, 0) is 37.0 Å². The number of carbonyl (C=O) groups excluding carboxylic acids is 1. The standard InChI is InChI=1S/C21H27NO2/c1-20(2)11-12-21(3,16-6-8-17(24-4)9-7-16)13-18(20)15-5-10-19(23)22-14-15/h6-9,11-13,15H,5,10,14H2,1-4H3,(H,22,23). The highest BCUT2D eigenvalue weighted by Crippen LogP contribution is 2.45. The number of piperidine rings is 1. The van der Waals surface area contributed by atoms with Crippen LogP contribution in [0.1, 0.15) is 39.2 Å². The molecule has 1 heterocycles. The summed E-state index contributed by atoms with van der Waals surface area (Å²) in [7, 11) is 1.69. The van der Waals surface area contributed by atoms with Crippen molar-refractivity contribution in [1.29, 1.82) is 0 Å². The molecule has 1 amide bonds. The van der Waals surface area contributed by atoms with E-state index in [0.29, 0.717) is 12.3 Å². The van der Waals surface area contributed by atoms with Crippen LogP contribution in [0.15, 0.2) is 48.1 Å². The van der Waals surface area contributed by atoms with Gasteiger partial charge in [-0.1, -0.05) is 49.8 Å². The predicted octanol–water partition coefficient (Wildman–Crippen LogP) is 4.00. The Hall–Kier alpha value is -2.03. The van der Waals surface area contributed by atoms with E-state index in [1.807, 2.05) is 12.1 Å². The van der Waals surface area contributed by atoms with E-state index in [0.717, 1.165) is 18.7 Å². The van der Waals surface area contributed by atoms with Gasteiger partial charge in [0.05, 0.1) is 7.11 Å². The van der Waals surface area contributed by atoms with Gasteiger partial charge in [0.25, 0.3) is 0 Å². The molecule has 1 aromatic rings. The minimum Gasteiger partial charge on any atom is -0.497 e. The fourth-order valence-electron chi connectivity index (χ4n) is 3.81. The van der Waals surface area contributed by atoms with Crippen LogP contribution in [0.3, 0.4) is 0 Å². The van der Waals surface area contributed by atoms with Crippen LogP contribution in [0.4, 0.5) is 0 Å². The smallest absolute Gasteiger partial charge is 0.220 e. The molecule has 2 atom stereocenters. The van der Waals surface area contributed by atoms with Gasteiger partial charge in [-0.3, -0.25) is 4.79 Å². The van der Waals surface area contributed by atoms with Crippen LogP contribution < -0.4 is 10.1 Å². The number of carbonyl (C=O) groups is 1. The Morgan fingerprint density at radius 3 is 2.42 bits per heavy atom. The summed E-state index contributed by atoms with van der Waals surface area (Å²) in [6.07, 6.45) is 8.61. The molecule has 1 N–H and O–H groups in total. The lowest BCUT2D eigenvalue weighted by atomic mass is 9.65. The average molecular weight is 325 g/mol. The molecule has 0 bridgehead atoms. The molecule has 3 nitrogen and oxygen atoms in total. The van der Waals surface area contributed by atoms with Crippen LogP contribution >= 0.6 is 0 Å². The number of amides is 1. The number of hydrogen-bond acceptors (Lipinski definition) is 2. The van der Waals surface area contributed by atoms with Gasteiger partial charge in [-0.2, -0.15) is 0 Å². The zero-order valence-corrected chi connectivity index (χ0v) is 15.1. The SMILES string of the molecule is COc1ccc(C2(C)C=CC(C)(C)C(C3CCC(=O)NC3)=C2)cc1. The molecule has 2 aliphatic rings. The molecule has 0 spiro atoms. The Kier molecular flexibility index (Phi) is 4.29. The second-order valence-electron chi connectivity index (χ2n) is 7.71. The maximum absolute atomic E-state index is 11.5. The summed E-state index contributed by atoms with van der Waals surface area (Å²) in [6.45, 7) is 7.53. The van der Waals surface area contributed by atoms with E-state index < -0.39 is 0 Å². The lowest BCUT2D eigenvalue weighted by Crippen LogP contribution is -2.39. The summed E-state index contributed by atoms with van der Waals surface area (Å²) in [6, 6.07) is 8.31. The van der Waals surface area contributed by atoms with E-state index in [9.17, 15) is 4.79 Å². The summed E-state index contributed by atoms with van der Waals surface area (Å²) in [4.78, 5) is 11.5. The number of hydrogen-bond donors (Lipinski definition) is 1. The summed E-state index contributed by atoms with van der Waals surface area (Å²) < 4.78 is 5.28. The first kappa shape index (κ1) is 16.8. The molecular formula is C21H27NO2. The van der Waals surface area contributed by atoms with E-state index in [4.69, 9.17) is 4.74 Å². The maximum atomic E-state index is 11.5. The molecule has 3 heteroatoms. The number of ether oxygens (including phenoxy) is 1. The number of rotatable bonds is 3. The molecule has 0 radical (unpaired) electrons. The minimum atomic E-state index is -0.126. The molecule has 24 heavy (non-hydrogen) atoms. The molecule has 0 aromatic heterocycles. The zero-order chi connectivity index (χ0) is 17.4. The highest BCUT2D eigenvalue weighted by Gasteiger charge is 2.36. The monoisotopic (exact) mass is 325 g/mol. The number of methoxy groups -OCH3 is 1.